The Morgan fingerprint density at radius 2 is 1.64 bits per heavy atom. The van der Waals surface area contributed by atoms with Gasteiger partial charge >= 0.3 is 6.18 Å². The standard InChI is InChI=1S/C28H26F3N3O2/c1-16-15-22(13-14-23(16)24-7-5-6-8-25(24)28(29,30)31)27-33-26(34-36-27)21-11-9-20(10-12-21)18(3)32-17(2)19(4)35/h5-15,17-18,32,35H,4H2,1-3H3/t17-,18+/m1/s1. The molecule has 8 heteroatoms. The summed E-state index contributed by atoms with van der Waals surface area (Å²) in [4.78, 5) is 4.48. The molecule has 5 nitrogen and oxygen atoms in total. The molecule has 0 saturated heterocycles. The fourth-order valence-corrected chi connectivity index (χ4v) is 4.01. The number of hydrogen-bond donors (Lipinski definition) is 2. The Kier molecular flexibility index (Phi) is 6.99. The van der Waals surface area contributed by atoms with E-state index in [-0.39, 0.29) is 29.3 Å². The fourth-order valence-electron chi connectivity index (χ4n) is 4.01. The van der Waals surface area contributed by atoms with Crippen molar-refractivity contribution < 1.29 is 22.8 Å². The molecule has 0 radical (unpaired) electrons. The number of aliphatic hydroxyl groups is 1. The van der Waals surface area contributed by atoms with Crippen molar-refractivity contribution in [2.24, 2.45) is 0 Å². The molecule has 3 aromatic carbocycles. The number of alkyl halides is 3. The molecule has 0 saturated carbocycles. The summed E-state index contributed by atoms with van der Waals surface area (Å²) >= 11 is 0. The van der Waals surface area contributed by atoms with Crippen LogP contribution < -0.4 is 5.32 Å². The van der Waals surface area contributed by atoms with Crippen molar-refractivity contribution in [1.29, 1.82) is 0 Å². The molecular weight excluding hydrogens is 467 g/mol. The largest absolute Gasteiger partial charge is 0.511 e. The third kappa shape index (κ3) is 5.33. The lowest BCUT2D eigenvalue weighted by Crippen LogP contribution is -2.30. The highest BCUT2D eigenvalue weighted by Crippen LogP contribution is 2.38. The Morgan fingerprint density at radius 3 is 2.28 bits per heavy atom. The van der Waals surface area contributed by atoms with Crippen LogP contribution in [-0.2, 0) is 6.18 Å². The lowest BCUT2D eigenvalue weighted by molar-refractivity contribution is -0.137. The Hall–Kier alpha value is -3.91. The number of nitrogens with one attached hydrogen (secondary N) is 1. The van der Waals surface area contributed by atoms with Gasteiger partial charge in [0.2, 0.25) is 5.82 Å². The second-order valence-corrected chi connectivity index (χ2v) is 8.72. The van der Waals surface area contributed by atoms with E-state index in [1.165, 1.54) is 12.1 Å². The molecule has 0 aliphatic carbocycles. The Balaban J connectivity index is 1.56. The molecule has 0 aliphatic heterocycles. The normalized spacial score (nSPS) is 13.4. The van der Waals surface area contributed by atoms with E-state index in [0.29, 0.717) is 22.5 Å². The molecule has 0 unspecified atom stereocenters. The molecule has 0 amide bonds. The van der Waals surface area contributed by atoms with Crippen LogP contribution in [0, 0.1) is 6.92 Å². The molecule has 0 fully saturated rings. The maximum absolute atomic E-state index is 13.5. The molecule has 0 aliphatic rings. The van der Waals surface area contributed by atoms with E-state index in [2.05, 4.69) is 22.0 Å². The number of rotatable bonds is 7. The van der Waals surface area contributed by atoms with Gasteiger partial charge in [-0.15, -0.1) is 0 Å². The van der Waals surface area contributed by atoms with Crippen molar-refractivity contribution >= 4 is 0 Å². The van der Waals surface area contributed by atoms with Gasteiger partial charge in [0, 0.05) is 17.2 Å². The van der Waals surface area contributed by atoms with Gasteiger partial charge in [0.1, 0.15) is 5.76 Å². The highest BCUT2D eigenvalue weighted by atomic mass is 19.4. The molecule has 1 aromatic heterocycles. The number of aryl methyl sites for hydroxylation is 1. The quantitative estimate of drug-likeness (QED) is 0.261. The van der Waals surface area contributed by atoms with Crippen LogP contribution in [0.15, 0.2) is 83.6 Å². The average molecular weight is 494 g/mol. The van der Waals surface area contributed by atoms with Gasteiger partial charge in [-0.05, 0) is 61.2 Å². The van der Waals surface area contributed by atoms with Crippen LogP contribution in [0.4, 0.5) is 13.2 Å². The summed E-state index contributed by atoms with van der Waals surface area (Å²) in [6, 6.07) is 18.0. The summed E-state index contributed by atoms with van der Waals surface area (Å²) < 4.78 is 45.9. The van der Waals surface area contributed by atoms with Gasteiger partial charge in [0.15, 0.2) is 0 Å². The number of halogens is 3. The Morgan fingerprint density at radius 1 is 0.972 bits per heavy atom. The van der Waals surface area contributed by atoms with E-state index in [4.69, 9.17) is 4.52 Å². The third-order valence-electron chi connectivity index (χ3n) is 6.09. The molecule has 2 atom stereocenters. The van der Waals surface area contributed by atoms with Crippen LogP contribution in [0.1, 0.15) is 36.6 Å². The van der Waals surface area contributed by atoms with Gasteiger partial charge in [-0.3, -0.25) is 0 Å². The smallest absolute Gasteiger partial charge is 0.417 e. The van der Waals surface area contributed by atoms with Crippen LogP contribution in [-0.4, -0.2) is 21.3 Å². The first-order valence-corrected chi connectivity index (χ1v) is 11.4. The summed E-state index contributed by atoms with van der Waals surface area (Å²) in [5.41, 5.74) is 2.99. The lowest BCUT2D eigenvalue weighted by atomic mass is 9.94. The second kappa shape index (κ2) is 9.99. The van der Waals surface area contributed by atoms with E-state index in [1.54, 1.807) is 31.2 Å². The zero-order valence-corrected chi connectivity index (χ0v) is 20.1. The molecule has 4 rings (SSSR count). The number of benzene rings is 3. The SMILES string of the molecule is C=C(O)[C@@H](C)N[C@@H](C)c1ccc(-c2noc(-c3ccc(-c4ccccc4C(F)(F)F)c(C)c3)n2)cc1. The van der Waals surface area contributed by atoms with E-state index in [1.807, 2.05) is 38.1 Å². The predicted molar refractivity (Wildman–Crippen MR) is 133 cm³/mol. The third-order valence-corrected chi connectivity index (χ3v) is 6.09. The highest BCUT2D eigenvalue weighted by Gasteiger charge is 2.33. The zero-order valence-electron chi connectivity index (χ0n) is 20.1. The molecule has 1 heterocycles. The molecule has 186 valence electrons. The highest BCUT2D eigenvalue weighted by molar-refractivity contribution is 5.74. The zero-order chi connectivity index (χ0) is 26.0. The Bertz CT molecular complexity index is 1380. The molecule has 2 N–H and O–H groups in total. The van der Waals surface area contributed by atoms with Crippen LogP contribution in [0.25, 0.3) is 34.0 Å². The van der Waals surface area contributed by atoms with Crippen molar-refractivity contribution in [2.75, 3.05) is 0 Å². The van der Waals surface area contributed by atoms with E-state index < -0.39 is 11.7 Å². The second-order valence-electron chi connectivity index (χ2n) is 8.72. The van der Waals surface area contributed by atoms with Gasteiger partial charge in [-0.25, -0.2) is 0 Å². The maximum atomic E-state index is 13.5. The van der Waals surface area contributed by atoms with Gasteiger partial charge < -0.3 is 14.9 Å². The number of aromatic nitrogens is 2. The van der Waals surface area contributed by atoms with Crippen LogP contribution in [0.5, 0.6) is 0 Å². The molecule has 0 spiro atoms. The van der Waals surface area contributed by atoms with Crippen molar-refractivity contribution in [3.63, 3.8) is 0 Å². The number of nitrogens with zero attached hydrogens (tertiary/aromatic N) is 2. The maximum Gasteiger partial charge on any atom is 0.417 e. The summed E-state index contributed by atoms with van der Waals surface area (Å²) in [7, 11) is 0. The summed E-state index contributed by atoms with van der Waals surface area (Å²) in [6.45, 7) is 9.11. The van der Waals surface area contributed by atoms with E-state index in [9.17, 15) is 18.3 Å². The average Bonchev–Trinajstić information content (AvgIpc) is 3.34. The van der Waals surface area contributed by atoms with Crippen LogP contribution in [0.3, 0.4) is 0 Å². The first-order valence-electron chi connectivity index (χ1n) is 11.4. The predicted octanol–water partition coefficient (Wildman–Crippen LogP) is 7.51. The van der Waals surface area contributed by atoms with Crippen LogP contribution in [0.2, 0.25) is 0 Å². The number of aliphatic hydroxyl groups excluding tert-OH is 1. The van der Waals surface area contributed by atoms with E-state index >= 15 is 0 Å². The molecule has 4 aromatic rings. The van der Waals surface area contributed by atoms with Gasteiger partial charge in [0.05, 0.1) is 11.6 Å². The first kappa shape index (κ1) is 25.2. The minimum atomic E-state index is -4.45. The minimum Gasteiger partial charge on any atom is -0.511 e. The van der Waals surface area contributed by atoms with Gasteiger partial charge in [-0.1, -0.05) is 60.3 Å². The van der Waals surface area contributed by atoms with Gasteiger partial charge in [0.25, 0.3) is 5.89 Å². The minimum absolute atomic E-state index is 0.0113. The fraction of sp³-hybridized carbons (Fsp3) is 0.214. The summed E-state index contributed by atoms with van der Waals surface area (Å²) in [5.74, 6) is 0.752. The molecule has 0 bridgehead atoms. The van der Waals surface area contributed by atoms with Crippen LogP contribution >= 0.6 is 0 Å². The van der Waals surface area contributed by atoms with Gasteiger partial charge in [-0.2, -0.15) is 18.2 Å². The molecular formula is C28H26F3N3O2. The van der Waals surface area contributed by atoms with Crippen molar-refractivity contribution in [3.8, 4) is 34.0 Å². The first-order chi connectivity index (χ1) is 17.0. The summed E-state index contributed by atoms with van der Waals surface area (Å²) in [6.07, 6.45) is -4.45. The van der Waals surface area contributed by atoms with Crippen molar-refractivity contribution in [2.45, 2.75) is 39.0 Å². The van der Waals surface area contributed by atoms with Crippen molar-refractivity contribution in [1.82, 2.24) is 15.5 Å². The summed E-state index contributed by atoms with van der Waals surface area (Å²) in [5, 5.41) is 16.8. The van der Waals surface area contributed by atoms with E-state index in [0.717, 1.165) is 17.2 Å². The Labute approximate surface area is 207 Å². The molecule has 36 heavy (non-hydrogen) atoms. The monoisotopic (exact) mass is 493 g/mol. The topological polar surface area (TPSA) is 71.2 Å². The number of hydrogen-bond acceptors (Lipinski definition) is 5. The lowest BCUT2D eigenvalue weighted by Gasteiger charge is -2.19. The van der Waals surface area contributed by atoms with Crippen molar-refractivity contribution in [3.05, 3.63) is 95.8 Å².